The van der Waals surface area contributed by atoms with Crippen LogP contribution in [0.15, 0.2) is 24.3 Å². The first-order valence-corrected chi connectivity index (χ1v) is 11.6. The van der Waals surface area contributed by atoms with Crippen molar-refractivity contribution in [3.05, 3.63) is 29.3 Å². The zero-order chi connectivity index (χ0) is 21.3. The number of amides is 1. The summed E-state index contributed by atoms with van der Waals surface area (Å²) in [6.07, 6.45) is 6.31. The lowest BCUT2D eigenvalue weighted by Crippen LogP contribution is -2.53. The fourth-order valence-electron chi connectivity index (χ4n) is 4.51. The van der Waals surface area contributed by atoms with Gasteiger partial charge in [0.05, 0.1) is 0 Å². The standard InChI is InChI=1S/C23H34ClN3O3/c1-18(28)25-12-4-2-3-11-23(29)30-22-10-6-9-21(22)27-15-13-26(14-16-27)20-8-5-7-19(24)17-20/h5,7-8,17,21-22H,2-4,6,9-16H2,1H3,(H,25,28)/t21-,22+/m0/s1. The minimum atomic E-state index is -0.0796. The van der Waals surface area contributed by atoms with Gasteiger partial charge in [-0.1, -0.05) is 24.1 Å². The highest BCUT2D eigenvalue weighted by Crippen LogP contribution is 2.29. The van der Waals surface area contributed by atoms with Crippen LogP contribution in [0.2, 0.25) is 5.02 Å². The minimum Gasteiger partial charge on any atom is -0.461 e. The number of hydrogen-bond acceptors (Lipinski definition) is 5. The lowest BCUT2D eigenvalue weighted by molar-refractivity contribution is -0.151. The van der Waals surface area contributed by atoms with Gasteiger partial charge in [0.15, 0.2) is 0 Å². The molecule has 1 heterocycles. The summed E-state index contributed by atoms with van der Waals surface area (Å²) in [6.45, 7) is 6.09. The van der Waals surface area contributed by atoms with Gasteiger partial charge in [0.1, 0.15) is 6.10 Å². The summed E-state index contributed by atoms with van der Waals surface area (Å²) in [5.74, 6) is -0.0842. The number of hydrogen-bond donors (Lipinski definition) is 1. The largest absolute Gasteiger partial charge is 0.461 e. The van der Waals surface area contributed by atoms with Gasteiger partial charge in [0.25, 0.3) is 0 Å². The Bertz CT molecular complexity index is 707. The van der Waals surface area contributed by atoms with E-state index in [1.807, 2.05) is 18.2 Å². The first kappa shape index (κ1) is 22.9. The van der Waals surface area contributed by atoms with Crippen molar-refractivity contribution in [1.82, 2.24) is 10.2 Å². The Hall–Kier alpha value is -1.79. The Morgan fingerprint density at radius 1 is 1.13 bits per heavy atom. The molecule has 3 rings (SSSR count). The van der Waals surface area contributed by atoms with E-state index >= 15 is 0 Å². The van der Waals surface area contributed by atoms with Gasteiger partial charge in [-0.15, -0.1) is 0 Å². The van der Waals surface area contributed by atoms with Gasteiger partial charge >= 0.3 is 5.97 Å². The number of carbonyl (C=O) groups is 2. The molecule has 6 nitrogen and oxygen atoms in total. The molecule has 1 aromatic carbocycles. The Morgan fingerprint density at radius 2 is 1.93 bits per heavy atom. The molecule has 166 valence electrons. The third-order valence-electron chi connectivity index (χ3n) is 6.09. The summed E-state index contributed by atoms with van der Waals surface area (Å²) < 4.78 is 5.87. The molecule has 7 heteroatoms. The Labute approximate surface area is 184 Å². The molecule has 1 aliphatic heterocycles. The minimum absolute atomic E-state index is 0.00455. The van der Waals surface area contributed by atoms with E-state index in [4.69, 9.17) is 16.3 Å². The summed E-state index contributed by atoms with van der Waals surface area (Å²) in [6, 6.07) is 8.37. The van der Waals surface area contributed by atoms with Crippen LogP contribution >= 0.6 is 11.6 Å². The van der Waals surface area contributed by atoms with Crippen LogP contribution in [0.4, 0.5) is 5.69 Å². The molecule has 1 aromatic rings. The highest BCUT2D eigenvalue weighted by molar-refractivity contribution is 6.30. The van der Waals surface area contributed by atoms with Gasteiger partial charge < -0.3 is 15.0 Å². The number of esters is 1. The van der Waals surface area contributed by atoms with Crippen LogP contribution in [0, 0.1) is 0 Å². The van der Waals surface area contributed by atoms with Gasteiger partial charge in [0.2, 0.25) is 5.91 Å². The zero-order valence-corrected chi connectivity index (χ0v) is 18.7. The number of anilines is 1. The number of halogens is 1. The van der Waals surface area contributed by atoms with Gasteiger partial charge in [0, 0.05) is 62.8 Å². The Kier molecular flexibility index (Phi) is 8.82. The number of piperazine rings is 1. The van der Waals surface area contributed by atoms with Gasteiger partial charge in [-0.25, -0.2) is 0 Å². The molecule has 1 N–H and O–H groups in total. The molecule has 1 saturated carbocycles. The number of nitrogens with zero attached hydrogens (tertiary/aromatic N) is 2. The first-order valence-electron chi connectivity index (χ1n) is 11.2. The van der Waals surface area contributed by atoms with Crippen molar-refractivity contribution in [3.63, 3.8) is 0 Å². The van der Waals surface area contributed by atoms with E-state index in [2.05, 4.69) is 21.2 Å². The summed E-state index contributed by atoms with van der Waals surface area (Å²) in [5, 5.41) is 3.55. The topological polar surface area (TPSA) is 61.9 Å². The third kappa shape index (κ3) is 6.88. The average Bonchev–Trinajstić information content (AvgIpc) is 3.18. The molecule has 30 heavy (non-hydrogen) atoms. The van der Waals surface area contributed by atoms with Crippen LogP contribution in [0.1, 0.15) is 51.9 Å². The summed E-state index contributed by atoms with van der Waals surface area (Å²) in [7, 11) is 0. The summed E-state index contributed by atoms with van der Waals surface area (Å²) >= 11 is 6.14. The molecule has 2 fully saturated rings. The molecular weight excluding hydrogens is 402 g/mol. The van der Waals surface area contributed by atoms with Crippen molar-refractivity contribution in [1.29, 1.82) is 0 Å². The van der Waals surface area contributed by atoms with Crippen LogP contribution in [-0.2, 0) is 14.3 Å². The van der Waals surface area contributed by atoms with E-state index in [0.717, 1.165) is 69.7 Å². The predicted octanol–water partition coefficient (Wildman–Crippen LogP) is 3.62. The maximum Gasteiger partial charge on any atom is 0.306 e. The fraction of sp³-hybridized carbons (Fsp3) is 0.652. The molecule has 1 saturated heterocycles. The van der Waals surface area contributed by atoms with Crippen LogP contribution < -0.4 is 10.2 Å². The molecule has 0 unspecified atom stereocenters. The summed E-state index contributed by atoms with van der Waals surface area (Å²) in [5.41, 5.74) is 1.18. The van der Waals surface area contributed by atoms with Crippen molar-refractivity contribution in [2.24, 2.45) is 0 Å². The van der Waals surface area contributed by atoms with E-state index < -0.39 is 0 Å². The molecule has 0 bridgehead atoms. The second-order valence-electron chi connectivity index (χ2n) is 8.32. The highest BCUT2D eigenvalue weighted by Gasteiger charge is 2.36. The number of benzene rings is 1. The molecule has 0 radical (unpaired) electrons. The third-order valence-corrected chi connectivity index (χ3v) is 6.32. The quantitative estimate of drug-likeness (QED) is 0.474. The molecule has 0 aromatic heterocycles. The second kappa shape index (κ2) is 11.6. The Balaban J connectivity index is 1.38. The normalized spacial score (nSPS) is 22.1. The summed E-state index contributed by atoms with van der Waals surface area (Å²) in [4.78, 5) is 28.0. The van der Waals surface area contributed by atoms with Crippen molar-refractivity contribution in [2.75, 3.05) is 37.6 Å². The predicted molar refractivity (Wildman–Crippen MR) is 120 cm³/mol. The van der Waals surface area contributed by atoms with Crippen LogP contribution in [0.3, 0.4) is 0 Å². The van der Waals surface area contributed by atoms with E-state index in [9.17, 15) is 9.59 Å². The number of unbranched alkanes of at least 4 members (excludes halogenated alkanes) is 2. The van der Waals surface area contributed by atoms with Crippen molar-refractivity contribution in [2.45, 2.75) is 64.0 Å². The molecular formula is C23H34ClN3O3. The second-order valence-corrected chi connectivity index (χ2v) is 8.76. The Morgan fingerprint density at radius 3 is 2.67 bits per heavy atom. The molecule has 2 atom stereocenters. The van der Waals surface area contributed by atoms with Crippen molar-refractivity contribution >= 4 is 29.2 Å². The molecule has 2 aliphatic rings. The zero-order valence-electron chi connectivity index (χ0n) is 17.9. The first-order chi connectivity index (χ1) is 14.5. The van der Waals surface area contributed by atoms with E-state index in [-0.39, 0.29) is 18.0 Å². The monoisotopic (exact) mass is 435 g/mol. The average molecular weight is 436 g/mol. The number of nitrogens with one attached hydrogen (secondary N) is 1. The van der Waals surface area contributed by atoms with E-state index in [1.165, 1.54) is 12.6 Å². The fourth-order valence-corrected chi connectivity index (χ4v) is 4.69. The number of carbonyl (C=O) groups excluding carboxylic acids is 2. The van der Waals surface area contributed by atoms with Crippen LogP contribution in [-0.4, -0.2) is 61.6 Å². The smallest absolute Gasteiger partial charge is 0.306 e. The maximum absolute atomic E-state index is 12.3. The van der Waals surface area contributed by atoms with Gasteiger partial charge in [-0.3, -0.25) is 14.5 Å². The SMILES string of the molecule is CC(=O)NCCCCCC(=O)O[C@@H]1CCC[C@@H]1N1CCN(c2cccc(Cl)c2)CC1. The van der Waals surface area contributed by atoms with Gasteiger partial charge in [-0.2, -0.15) is 0 Å². The lowest BCUT2D eigenvalue weighted by Gasteiger charge is -2.40. The van der Waals surface area contributed by atoms with Crippen molar-refractivity contribution in [3.8, 4) is 0 Å². The highest BCUT2D eigenvalue weighted by atomic mass is 35.5. The van der Waals surface area contributed by atoms with E-state index in [0.29, 0.717) is 19.0 Å². The van der Waals surface area contributed by atoms with E-state index in [1.54, 1.807) is 0 Å². The van der Waals surface area contributed by atoms with Crippen LogP contribution in [0.25, 0.3) is 0 Å². The lowest BCUT2D eigenvalue weighted by atomic mass is 10.1. The molecule has 1 amide bonds. The molecule has 1 aliphatic carbocycles. The molecule has 0 spiro atoms. The van der Waals surface area contributed by atoms with Crippen LogP contribution in [0.5, 0.6) is 0 Å². The van der Waals surface area contributed by atoms with Gasteiger partial charge in [-0.05, 0) is 50.3 Å². The number of rotatable bonds is 9. The van der Waals surface area contributed by atoms with Crippen molar-refractivity contribution < 1.29 is 14.3 Å². The maximum atomic E-state index is 12.3. The number of ether oxygens (including phenoxy) is 1.